The predicted octanol–water partition coefficient (Wildman–Crippen LogP) is 2.33. The van der Waals surface area contributed by atoms with Crippen LogP contribution in [-0.2, 0) is 57.3 Å². The van der Waals surface area contributed by atoms with Crippen LogP contribution in [-0.4, -0.2) is 168 Å². The highest BCUT2D eigenvalue weighted by Gasteiger charge is 2.36. The number of hydrogen-bond donors (Lipinski definition) is 0. The Labute approximate surface area is 332 Å². The summed E-state index contributed by atoms with van der Waals surface area (Å²) in [6.45, 7) is 23.9. The maximum atomic E-state index is 13.9. The molecule has 0 aromatic rings. The Hall–Kier alpha value is -3.67. The van der Waals surface area contributed by atoms with E-state index in [0.29, 0.717) is 96.3 Å². The molecule has 0 aromatic carbocycles. The Morgan fingerprint density at radius 2 is 1.05 bits per heavy atom. The smallest absolute Gasteiger partial charge is 0.333 e. The van der Waals surface area contributed by atoms with Crippen LogP contribution in [0.3, 0.4) is 0 Å². The number of ether oxygens (including phenoxy) is 4. The van der Waals surface area contributed by atoms with E-state index in [9.17, 15) is 33.6 Å². The summed E-state index contributed by atoms with van der Waals surface area (Å²) >= 11 is 0. The van der Waals surface area contributed by atoms with Gasteiger partial charge in [-0.3, -0.25) is 38.6 Å². The number of hydrogen-bond acceptors (Lipinski definition) is 16. The van der Waals surface area contributed by atoms with E-state index in [4.69, 9.17) is 23.8 Å². The molecule has 1 atom stereocenters. The molecule has 2 amide bonds. The van der Waals surface area contributed by atoms with Crippen molar-refractivity contribution in [2.45, 2.75) is 136 Å². The summed E-state index contributed by atoms with van der Waals surface area (Å²) in [5.74, 6) is -2.98. The van der Waals surface area contributed by atoms with Crippen molar-refractivity contribution < 1.29 is 57.3 Å². The van der Waals surface area contributed by atoms with Gasteiger partial charge in [-0.2, -0.15) is 0 Å². The molecule has 0 radical (unpaired) electrons. The summed E-state index contributed by atoms with van der Waals surface area (Å²) < 4.78 is 22.2. The molecule has 2 saturated heterocycles. The van der Waals surface area contributed by atoms with Crippen LogP contribution in [0.2, 0.25) is 0 Å². The monoisotopic (exact) mass is 797 g/mol. The molecule has 2 aliphatic rings. The van der Waals surface area contributed by atoms with Gasteiger partial charge in [0.15, 0.2) is 0 Å². The van der Waals surface area contributed by atoms with E-state index in [-0.39, 0.29) is 32.2 Å². The van der Waals surface area contributed by atoms with Gasteiger partial charge in [-0.15, -0.1) is 5.06 Å². The number of amides is 2. The summed E-state index contributed by atoms with van der Waals surface area (Å²) in [7, 11) is 0. The number of hydroxylamine groups is 2. The second kappa shape index (κ2) is 21.7. The average Bonchev–Trinajstić information content (AvgIpc) is 3.36. The predicted molar refractivity (Wildman–Crippen MR) is 204 cm³/mol. The lowest BCUT2D eigenvalue weighted by molar-refractivity contribution is -0.197. The average molecular weight is 798 g/mol. The van der Waals surface area contributed by atoms with Gasteiger partial charge in [0.05, 0.1) is 13.0 Å². The Morgan fingerprint density at radius 3 is 1.50 bits per heavy atom. The van der Waals surface area contributed by atoms with E-state index in [1.807, 2.05) is 37.5 Å². The van der Waals surface area contributed by atoms with Crippen LogP contribution >= 0.6 is 0 Å². The van der Waals surface area contributed by atoms with Crippen molar-refractivity contribution in [2.24, 2.45) is 0 Å². The molecular formula is C39H67N5O12. The molecule has 320 valence electrons. The van der Waals surface area contributed by atoms with Crippen LogP contribution in [0, 0.1) is 0 Å². The van der Waals surface area contributed by atoms with Gasteiger partial charge in [-0.25, -0.2) is 4.79 Å². The van der Waals surface area contributed by atoms with Gasteiger partial charge in [0, 0.05) is 78.3 Å². The standard InChI is InChI=1S/C39H67N5O12/c1-36(2,3)54-34(50)27-42-22-21-40(17-15-38(7,8)52-28-45)19-20-41(18-16-39(9,10)53-29-46)23-25-43(26-24-42)30(35(51)55-37(4,5)6)11-14-33(49)56-44-31(47)12-13-32(44)48/h28-30H,11-27H2,1-10H3. The van der Waals surface area contributed by atoms with Crippen molar-refractivity contribution in [1.29, 1.82) is 0 Å². The third-order valence-electron chi connectivity index (χ3n) is 9.38. The number of rotatable bonds is 18. The summed E-state index contributed by atoms with van der Waals surface area (Å²) in [5.41, 5.74) is -2.94. The Morgan fingerprint density at radius 1 is 0.625 bits per heavy atom. The number of carbonyl (C=O) groups excluding carboxylic acids is 7. The van der Waals surface area contributed by atoms with Gasteiger partial charge in [0.1, 0.15) is 28.4 Å². The number of nitrogens with zero attached hydrogens (tertiary/aromatic N) is 5. The molecule has 2 rings (SSSR count). The molecule has 0 aliphatic carbocycles. The van der Waals surface area contributed by atoms with Crippen LogP contribution in [0.15, 0.2) is 0 Å². The lowest BCUT2D eigenvalue weighted by Crippen LogP contribution is -2.52. The van der Waals surface area contributed by atoms with Gasteiger partial charge in [-0.05, 0) is 88.5 Å². The van der Waals surface area contributed by atoms with Crippen molar-refractivity contribution in [3.63, 3.8) is 0 Å². The molecule has 0 spiro atoms. The number of esters is 2. The van der Waals surface area contributed by atoms with Crippen LogP contribution in [0.25, 0.3) is 0 Å². The van der Waals surface area contributed by atoms with E-state index in [1.165, 1.54) is 0 Å². The SMILES string of the molecule is CC(C)(C)OC(=O)CN1CCN(CCC(C)(C)OC=O)CCN(CCC(C)(C)OC=O)CCN(C(CCC(=O)ON2C(=O)CCC2=O)C(=O)OC(C)(C)C)CC1. The molecule has 0 aromatic heterocycles. The van der Waals surface area contributed by atoms with E-state index < -0.39 is 58.2 Å². The first-order valence-corrected chi connectivity index (χ1v) is 19.6. The second-order valence-electron chi connectivity index (χ2n) is 17.7. The summed E-state index contributed by atoms with van der Waals surface area (Å²) in [6, 6.07) is -0.925. The highest BCUT2D eigenvalue weighted by atomic mass is 16.7. The Bertz CT molecular complexity index is 1330. The minimum atomic E-state index is -0.925. The topological polar surface area (TPSA) is 182 Å². The molecule has 1 unspecified atom stereocenters. The van der Waals surface area contributed by atoms with Crippen LogP contribution in [0.4, 0.5) is 0 Å². The Balaban J connectivity index is 2.47. The fourth-order valence-corrected chi connectivity index (χ4v) is 6.14. The van der Waals surface area contributed by atoms with Crippen molar-refractivity contribution in [2.75, 3.05) is 72.0 Å². The molecule has 2 aliphatic heterocycles. The molecule has 56 heavy (non-hydrogen) atoms. The van der Waals surface area contributed by atoms with Crippen LogP contribution in [0.5, 0.6) is 0 Å². The zero-order valence-electron chi connectivity index (χ0n) is 35.4. The lowest BCUT2D eigenvalue weighted by Gasteiger charge is -2.38. The van der Waals surface area contributed by atoms with Crippen molar-refractivity contribution in [1.82, 2.24) is 24.7 Å². The molecule has 2 fully saturated rings. The Kier molecular flexibility index (Phi) is 18.8. The van der Waals surface area contributed by atoms with E-state index in [2.05, 4.69) is 9.80 Å². The van der Waals surface area contributed by atoms with Crippen molar-refractivity contribution >= 4 is 42.7 Å². The maximum absolute atomic E-state index is 13.9. The summed E-state index contributed by atoms with van der Waals surface area (Å²) in [6.07, 6.45) is 0.720. The molecule has 0 bridgehead atoms. The zero-order valence-corrected chi connectivity index (χ0v) is 35.4. The van der Waals surface area contributed by atoms with E-state index in [0.717, 1.165) is 0 Å². The minimum Gasteiger partial charge on any atom is -0.462 e. The fourth-order valence-electron chi connectivity index (χ4n) is 6.14. The van der Waals surface area contributed by atoms with Crippen LogP contribution < -0.4 is 0 Å². The van der Waals surface area contributed by atoms with Gasteiger partial charge in [0.25, 0.3) is 24.8 Å². The molecular weight excluding hydrogens is 730 g/mol. The quantitative estimate of drug-likeness (QED) is 0.0852. The lowest BCUT2D eigenvalue weighted by atomic mass is 10.0. The van der Waals surface area contributed by atoms with Crippen LogP contribution in [0.1, 0.15) is 108 Å². The van der Waals surface area contributed by atoms with Crippen molar-refractivity contribution in [3.05, 3.63) is 0 Å². The minimum absolute atomic E-state index is 0.00203. The first kappa shape index (κ1) is 48.5. The van der Waals surface area contributed by atoms with Crippen molar-refractivity contribution in [3.8, 4) is 0 Å². The number of carbonyl (C=O) groups is 7. The van der Waals surface area contributed by atoms with Gasteiger partial charge in [0.2, 0.25) is 0 Å². The van der Waals surface area contributed by atoms with Gasteiger partial charge >= 0.3 is 17.9 Å². The summed E-state index contributed by atoms with van der Waals surface area (Å²) in [5, 5.41) is 0.489. The fraction of sp³-hybridized carbons (Fsp3) is 0.821. The maximum Gasteiger partial charge on any atom is 0.333 e. The van der Waals surface area contributed by atoms with E-state index >= 15 is 0 Å². The first-order chi connectivity index (χ1) is 25.9. The number of imide groups is 1. The van der Waals surface area contributed by atoms with E-state index in [1.54, 1.807) is 41.5 Å². The molecule has 0 N–H and O–H groups in total. The third-order valence-corrected chi connectivity index (χ3v) is 9.38. The third kappa shape index (κ3) is 19.0. The van der Waals surface area contributed by atoms with Gasteiger partial charge < -0.3 is 33.6 Å². The summed E-state index contributed by atoms with van der Waals surface area (Å²) in [4.78, 5) is 100. The van der Waals surface area contributed by atoms with Gasteiger partial charge in [-0.1, -0.05) is 0 Å². The second-order valence-corrected chi connectivity index (χ2v) is 17.7. The highest BCUT2D eigenvalue weighted by molar-refractivity contribution is 6.01. The largest absolute Gasteiger partial charge is 0.462 e. The zero-order chi connectivity index (χ0) is 42.3. The highest BCUT2D eigenvalue weighted by Crippen LogP contribution is 2.20. The normalized spacial score (nSPS) is 18.7. The first-order valence-electron chi connectivity index (χ1n) is 19.6. The molecule has 17 nitrogen and oxygen atoms in total. The molecule has 17 heteroatoms. The molecule has 0 saturated carbocycles. The molecule has 2 heterocycles.